The van der Waals surface area contributed by atoms with Crippen molar-refractivity contribution in [2.24, 2.45) is 5.41 Å². The lowest BCUT2D eigenvalue weighted by Gasteiger charge is -2.41. The Kier molecular flexibility index (Phi) is 6.29. The van der Waals surface area contributed by atoms with Crippen molar-refractivity contribution in [3.05, 3.63) is 59.9 Å². The maximum atomic E-state index is 13.0. The number of rotatable bonds is 6. The highest BCUT2D eigenvalue weighted by molar-refractivity contribution is 5.94. The van der Waals surface area contributed by atoms with Crippen LogP contribution >= 0.6 is 0 Å². The number of pyridine rings is 1. The minimum Gasteiger partial charge on any atom is -0.497 e. The van der Waals surface area contributed by atoms with Gasteiger partial charge in [-0.3, -0.25) is 14.6 Å². The average Bonchev–Trinajstić information content (AvgIpc) is 2.74. The molecule has 1 saturated heterocycles. The first-order valence-electron chi connectivity index (χ1n) is 9.57. The molecule has 0 saturated carbocycles. The number of carbonyl (C=O) groups excluding carboxylic acids is 2. The average molecular weight is 382 g/mol. The number of methoxy groups -OCH3 is 1. The zero-order chi connectivity index (χ0) is 20.0. The Morgan fingerprint density at radius 3 is 2.71 bits per heavy atom. The second-order valence-electron chi connectivity index (χ2n) is 7.10. The quantitative estimate of drug-likeness (QED) is 0.718. The summed E-state index contributed by atoms with van der Waals surface area (Å²) < 4.78 is 10.7. The minimum atomic E-state index is -0.761. The third kappa shape index (κ3) is 4.32. The number of esters is 1. The predicted molar refractivity (Wildman–Crippen MR) is 105 cm³/mol. The van der Waals surface area contributed by atoms with Gasteiger partial charge in [0.05, 0.1) is 19.1 Å². The van der Waals surface area contributed by atoms with Crippen molar-refractivity contribution < 1.29 is 19.1 Å². The molecule has 1 fully saturated rings. The summed E-state index contributed by atoms with van der Waals surface area (Å²) in [6.07, 6.45) is 5.14. The molecule has 1 aliphatic rings. The van der Waals surface area contributed by atoms with Gasteiger partial charge in [-0.25, -0.2) is 0 Å². The minimum absolute atomic E-state index is 0.0820. The van der Waals surface area contributed by atoms with Crippen LogP contribution in [0.5, 0.6) is 5.75 Å². The molecule has 0 spiro atoms. The summed E-state index contributed by atoms with van der Waals surface area (Å²) >= 11 is 0. The fourth-order valence-electron chi connectivity index (χ4n) is 3.82. The number of likely N-dealkylation sites (tertiary alicyclic amines) is 1. The summed E-state index contributed by atoms with van der Waals surface area (Å²) in [7, 11) is 1.62. The van der Waals surface area contributed by atoms with E-state index in [0.717, 1.165) is 17.7 Å². The maximum Gasteiger partial charge on any atom is 0.314 e. The smallest absolute Gasteiger partial charge is 0.314 e. The molecule has 1 atom stereocenters. The number of nitrogens with zero attached hydrogens (tertiary/aromatic N) is 2. The Hall–Kier alpha value is -2.89. The number of piperidine rings is 1. The molecule has 1 aromatic carbocycles. The Balaban J connectivity index is 1.88. The van der Waals surface area contributed by atoms with Gasteiger partial charge >= 0.3 is 5.97 Å². The lowest BCUT2D eigenvalue weighted by atomic mass is 9.75. The van der Waals surface area contributed by atoms with E-state index in [9.17, 15) is 9.59 Å². The molecule has 1 aliphatic heterocycles. The number of amides is 1. The highest BCUT2D eigenvalue weighted by atomic mass is 16.5. The van der Waals surface area contributed by atoms with E-state index in [1.54, 1.807) is 43.5 Å². The fourth-order valence-corrected chi connectivity index (χ4v) is 3.82. The van der Waals surface area contributed by atoms with E-state index in [-0.39, 0.29) is 11.9 Å². The maximum absolute atomic E-state index is 13.0. The molecule has 0 N–H and O–H groups in total. The summed E-state index contributed by atoms with van der Waals surface area (Å²) in [4.78, 5) is 31.7. The van der Waals surface area contributed by atoms with E-state index >= 15 is 0 Å². The number of benzene rings is 1. The molecule has 0 bridgehead atoms. The first kappa shape index (κ1) is 19.9. The molecule has 1 unspecified atom stereocenters. The predicted octanol–water partition coefficient (Wildman–Crippen LogP) is 3.12. The lowest BCUT2D eigenvalue weighted by molar-refractivity contribution is -0.158. The van der Waals surface area contributed by atoms with Gasteiger partial charge < -0.3 is 14.4 Å². The summed E-state index contributed by atoms with van der Waals surface area (Å²) in [5, 5.41) is 0. The first-order valence-corrected chi connectivity index (χ1v) is 9.57. The van der Waals surface area contributed by atoms with Crippen LogP contribution in [0, 0.1) is 5.41 Å². The molecule has 0 aliphatic carbocycles. The Bertz CT molecular complexity index is 824. The number of aromatic nitrogens is 1. The molecular formula is C22H26N2O4. The molecule has 1 amide bonds. The van der Waals surface area contributed by atoms with E-state index in [4.69, 9.17) is 9.47 Å². The SMILES string of the molecule is CCOC(=O)C1(Cc2cccc(OC)c2)CCCN(C(=O)c2ccncc2)C1. The van der Waals surface area contributed by atoms with Crippen LogP contribution in [0.3, 0.4) is 0 Å². The largest absolute Gasteiger partial charge is 0.497 e. The molecule has 0 radical (unpaired) electrons. The molecular weight excluding hydrogens is 356 g/mol. The Labute approximate surface area is 165 Å². The van der Waals surface area contributed by atoms with E-state index in [0.29, 0.717) is 38.1 Å². The van der Waals surface area contributed by atoms with E-state index in [2.05, 4.69) is 4.98 Å². The summed E-state index contributed by atoms with van der Waals surface area (Å²) in [6.45, 7) is 3.08. The van der Waals surface area contributed by atoms with Gasteiger partial charge in [0.25, 0.3) is 5.91 Å². The van der Waals surface area contributed by atoms with Crippen LogP contribution in [0.25, 0.3) is 0 Å². The molecule has 28 heavy (non-hydrogen) atoms. The zero-order valence-electron chi connectivity index (χ0n) is 16.4. The number of hydrogen-bond acceptors (Lipinski definition) is 5. The second kappa shape index (κ2) is 8.87. The van der Waals surface area contributed by atoms with Gasteiger partial charge in [0.15, 0.2) is 0 Å². The van der Waals surface area contributed by atoms with Crippen LogP contribution in [0.15, 0.2) is 48.8 Å². The van der Waals surface area contributed by atoms with Crippen LogP contribution in [0.4, 0.5) is 0 Å². The number of carbonyl (C=O) groups is 2. The van der Waals surface area contributed by atoms with Crippen LogP contribution in [-0.2, 0) is 16.0 Å². The van der Waals surface area contributed by atoms with Crippen LogP contribution in [-0.4, -0.2) is 48.6 Å². The van der Waals surface area contributed by atoms with Gasteiger partial charge in [0.2, 0.25) is 0 Å². The summed E-state index contributed by atoms with van der Waals surface area (Å²) in [5.74, 6) is 0.420. The van der Waals surface area contributed by atoms with Crippen molar-refractivity contribution in [2.75, 3.05) is 26.8 Å². The van der Waals surface area contributed by atoms with Gasteiger partial charge in [-0.2, -0.15) is 0 Å². The highest BCUT2D eigenvalue weighted by Gasteiger charge is 2.45. The van der Waals surface area contributed by atoms with Crippen molar-refractivity contribution in [2.45, 2.75) is 26.2 Å². The number of ether oxygens (including phenoxy) is 2. The van der Waals surface area contributed by atoms with E-state index < -0.39 is 5.41 Å². The van der Waals surface area contributed by atoms with Crippen molar-refractivity contribution in [3.8, 4) is 5.75 Å². The molecule has 3 rings (SSSR count). The van der Waals surface area contributed by atoms with Crippen LogP contribution in [0.2, 0.25) is 0 Å². The van der Waals surface area contributed by atoms with Gasteiger partial charge in [-0.1, -0.05) is 12.1 Å². The molecule has 2 aromatic rings. The normalized spacial score (nSPS) is 19.1. The van der Waals surface area contributed by atoms with E-state index in [1.807, 2.05) is 24.3 Å². The molecule has 148 valence electrons. The summed E-state index contributed by atoms with van der Waals surface area (Å²) in [6, 6.07) is 11.1. The third-order valence-corrected chi connectivity index (χ3v) is 5.18. The van der Waals surface area contributed by atoms with Gasteiger partial charge in [-0.05, 0) is 56.0 Å². The van der Waals surface area contributed by atoms with Gasteiger partial charge in [0.1, 0.15) is 5.75 Å². The van der Waals surface area contributed by atoms with Gasteiger partial charge in [-0.15, -0.1) is 0 Å². The van der Waals surface area contributed by atoms with Gasteiger partial charge in [0, 0.05) is 31.0 Å². The second-order valence-corrected chi connectivity index (χ2v) is 7.10. The molecule has 6 nitrogen and oxygen atoms in total. The third-order valence-electron chi connectivity index (χ3n) is 5.18. The topological polar surface area (TPSA) is 68.7 Å². The molecule has 2 heterocycles. The fraction of sp³-hybridized carbons (Fsp3) is 0.409. The van der Waals surface area contributed by atoms with Crippen molar-refractivity contribution >= 4 is 11.9 Å². The van der Waals surface area contributed by atoms with Crippen molar-refractivity contribution in [1.29, 1.82) is 0 Å². The standard InChI is InChI=1S/C22H26N2O4/c1-3-28-21(26)22(15-17-6-4-7-19(14-17)27-2)10-5-13-24(16-22)20(25)18-8-11-23-12-9-18/h4,6-9,11-12,14H,3,5,10,13,15-16H2,1-2H3. The molecule has 6 heteroatoms. The van der Waals surface area contributed by atoms with Crippen LogP contribution in [0.1, 0.15) is 35.7 Å². The Morgan fingerprint density at radius 2 is 2.00 bits per heavy atom. The zero-order valence-corrected chi connectivity index (χ0v) is 16.4. The van der Waals surface area contributed by atoms with E-state index in [1.165, 1.54) is 0 Å². The highest BCUT2D eigenvalue weighted by Crippen LogP contribution is 2.36. The monoisotopic (exact) mass is 382 g/mol. The summed E-state index contributed by atoms with van der Waals surface area (Å²) in [5.41, 5.74) is 0.810. The molecule has 1 aromatic heterocycles. The number of hydrogen-bond donors (Lipinski definition) is 0. The first-order chi connectivity index (χ1) is 13.6. The Morgan fingerprint density at radius 1 is 1.21 bits per heavy atom. The van der Waals surface area contributed by atoms with Crippen molar-refractivity contribution in [1.82, 2.24) is 9.88 Å². The van der Waals surface area contributed by atoms with Crippen LogP contribution < -0.4 is 4.74 Å². The van der Waals surface area contributed by atoms with Crippen molar-refractivity contribution in [3.63, 3.8) is 0 Å². The lowest BCUT2D eigenvalue weighted by Crippen LogP contribution is -2.51.